The van der Waals surface area contributed by atoms with Gasteiger partial charge in [-0.15, -0.1) is 0 Å². The van der Waals surface area contributed by atoms with Crippen molar-refractivity contribution in [1.29, 1.82) is 0 Å². The Hall–Kier alpha value is -2.48. The standard InChI is InChI=1S/C12H10N2O5S/c1-20(17,18)9-4-2-3-8(7-9)19-12-13-6-5-10(14-12)11(15)16/h2-7H,1H3,(H,15,16). The van der Waals surface area contributed by atoms with Crippen molar-refractivity contribution in [3.63, 3.8) is 0 Å². The van der Waals surface area contributed by atoms with Gasteiger partial charge in [0, 0.05) is 12.5 Å². The third kappa shape index (κ3) is 3.29. The quantitative estimate of drug-likeness (QED) is 0.907. The summed E-state index contributed by atoms with van der Waals surface area (Å²) in [7, 11) is -3.35. The van der Waals surface area contributed by atoms with Crippen LogP contribution >= 0.6 is 0 Å². The monoisotopic (exact) mass is 294 g/mol. The summed E-state index contributed by atoms with van der Waals surface area (Å²) in [6.07, 6.45) is 2.32. The second-order valence-corrected chi connectivity index (χ2v) is 5.89. The minimum absolute atomic E-state index is 0.0874. The Morgan fingerprint density at radius 1 is 1.30 bits per heavy atom. The second-order valence-electron chi connectivity index (χ2n) is 3.88. The number of hydrogen-bond donors (Lipinski definition) is 1. The van der Waals surface area contributed by atoms with Crippen molar-refractivity contribution in [1.82, 2.24) is 9.97 Å². The molecule has 0 saturated carbocycles. The maximum Gasteiger partial charge on any atom is 0.354 e. The predicted molar refractivity (Wildman–Crippen MR) is 68.6 cm³/mol. The Kier molecular flexibility index (Phi) is 3.66. The highest BCUT2D eigenvalue weighted by Gasteiger charge is 2.10. The van der Waals surface area contributed by atoms with E-state index in [4.69, 9.17) is 9.84 Å². The van der Waals surface area contributed by atoms with E-state index in [-0.39, 0.29) is 22.3 Å². The molecule has 0 spiro atoms. The van der Waals surface area contributed by atoms with Crippen LogP contribution in [0.3, 0.4) is 0 Å². The van der Waals surface area contributed by atoms with Gasteiger partial charge in [-0.2, -0.15) is 4.98 Å². The van der Waals surface area contributed by atoms with Gasteiger partial charge >= 0.3 is 12.0 Å². The molecular weight excluding hydrogens is 284 g/mol. The predicted octanol–water partition coefficient (Wildman–Crippen LogP) is 1.37. The fourth-order valence-electron chi connectivity index (χ4n) is 1.38. The molecule has 0 saturated heterocycles. The van der Waals surface area contributed by atoms with Gasteiger partial charge in [-0.1, -0.05) is 6.07 Å². The molecule has 104 valence electrons. The molecule has 0 atom stereocenters. The fraction of sp³-hybridized carbons (Fsp3) is 0.0833. The Labute approximate surface area is 114 Å². The summed E-state index contributed by atoms with van der Waals surface area (Å²) in [4.78, 5) is 18.3. The molecule has 0 fully saturated rings. The summed E-state index contributed by atoms with van der Waals surface area (Å²) in [5, 5.41) is 8.80. The largest absolute Gasteiger partial charge is 0.477 e. The SMILES string of the molecule is CS(=O)(=O)c1cccc(Oc2nccc(C(=O)O)n2)c1. The average Bonchev–Trinajstić information content (AvgIpc) is 2.38. The Balaban J connectivity index is 2.31. The number of nitrogens with zero attached hydrogens (tertiary/aromatic N) is 2. The van der Waals surface area contributed by atoms with Gasteiger partial charge in [-0.25, -0.2) is 18.2 Å². The molecule has 8 heteroatoms. The number of carbonyl (C=O) groups is 1. The molecule has 0 aliphatic rings. The lowest BCUT2D eigenvalue weighted by Crippen LogP contribution is -2.03. The van der Waals surface area contributed by atoms with Crippen LogP contribution in [0.5, 0.6) is 11.8 Å². The van der Waals surface area contributed by atoms with E-state index >= 15 is 0 Å². The summed E-state index contributed by atoms with van der Waals surface area (Å²) in [6.45, 7) is 0. The minimum atomic E-state index is -3.35. The van der Waals surface area contributed by atoms with Crippen molar-refractivity contribution in [2.45, 2.75) is 4.90 Å². The highest BCUT2D eigenvalue weighted by atomic mass is 32.2. The summed E-state index contributed by atoms with van der Waals surface area (Å²) in [5.74, 6) is -1.00. The normalized spacial score (nSPS) is 11.1. The fourth-order valence-corrected chi connectivity index (χ4v) is 2.04. The van der Waals surface area contributed by atoms with Gasteiger partial charge in [0.15, 0.2) is 15.5 Å². The topological polar surface area (TPSA) is 106 Å². The van der Waals surface area contributed by atoms with E-state index in [1.165, 1.54) is 36.5 Å². The molecule has 0 bridgehead atoms. The summed E-state index contributed by atoms with van der Waals surface area (Å²) in [6, 6.07) is 6.82. The lowest BCUT2D eigenvalue weighted by molar-refractivity contribution is 0.0689. The molecule has 2 aromatic rings. The van der Waals surface area contributed by atoms with Crippen LogP contribution in [0.15, 0.2) is 41.4 Å². The number of aromatic nitrogens is 2. The van der Waals surface area contributed by atoms with Crippen molar-refractivity contribution < 1.29 is 23.1 Å². The molecule has 1 aromatic carbocycles. The Morgan fingerprint density at radius 3 is 2.70 bits per heavy atom. The first-order valence-corrected chi connectivity index (χ1v) is 7.30. The first-order valence-electron chi connectivity index (χ1n) is 5.40. The number of carboxylic acids is 1. The third-order valence-corrected chi connectivity index (χ3v) is 3.41. The molecule has 7 nitrogen and oxygen atoms in total. The average molecular weight is 294 g/mol. The zero-order valence-corrected chi connectivity index (χ0v) is 11.2. The lowest BCUT2D eigenvalue weighted by Gasteiger charge is -2.05. The van der Waals surface area contributed by atoms with Crippen LogP contribution in [-0.4, -0.2) is 35.7 Å². The van der Waals surface area contributed by atoms with Crippen LogP contribution in [0, 0.1) is 0 Å². The number of hydrogen-bond acceptors (Lipinski definition) is 6. The maximum absolute atomic E-state index is 11.4. The number of ether oxygens (including phenoxy) is 1. The van der Waals surface area contributed by atoms with Gasteiger partial charge in [-0.3, -0.25) is 0 Å². The van der Waals surface area contributed by atoms with Gasteiger partial charge in [0.1, 0.15) is 5.75 Å². The van der Waals surface area contributed by atoms with E-state index in [2.05, 4.69) is 9.97 Å². The molecule has 1 heterocycles. The molecule has 2 rings (SSSR count). The van der Waals surface area contributed by atoms with Gasteiger partial charge < -0.3 is 9.84 Å². The van der Waals surface area contributed by atoms with E-state index in [0.29, 0.717) is 0 Å². The molecule has 0 unspecified atom stereocenters. The molecular formula is C12H10N2O5S. The molecule has 0 amide bonds. The smallest absolute Gasteiger partial charge is 0.354 e. The van der Waals surface area contributed by atoms with Gasteiger partial charge in [0.05, 0.1) is 4.90 Å². The first-order chi connectivity index (χ1) is 9.36. The molecule has 0 radical (unpaired) electrons. The Morgan fingerprint density at radius 2 is 2.05 bits per heavy atom. The van der Waals surface area contributed by atoms with Crippen molar-refractivity contribution in [2.75, 3.05) is 6.26 Å². The number of benzene rings is 1. The molecule has 0 aliphatic carbocycles. The number of rotatable bonds is 4. The van der Waals surface area contributed by atoms with E-state index in [1.54, 1.807) is 0 Å². The van der Waals surface area contributed by atoms with Gasteiger partial charge in [0.25, 0.3) is 0 Å². The molecule has 0 aliphatic heterocycles. The third-order valence-electron chi connectivity index (χ3n) is 2.30. The zero-order chi connectivity index (χ0) is 14.8. The number of aromatic carboxylic acids is 1. The number of sulfone groups is 1. The van der Waals surface area contributed by atoms with Crippen LogP contribution in [0.4, 0.5) is 0 Å². The van der Waals surface area contributed by atoms with Crippen LogP contribution in [0.1, 0.15) is 10.5 Å². The molecule has 20 heavy (non-hydrogen) atoms. The zero-order valence-electron chi connectivity index (χ0n) is 10.3. The molecule has 1 N–H and O–H groups in total. The van der Waals surface area contributed by atoms with E-state index in [0.717, 1.165) is 6.26 Å². The maximum atomic E-state index is 11.4. The summed E-state index contributed by atoms with van der Waals surface area (Å²) < 4.78 is 28.1. The lowest BCUT2D eigenvalue weighted by atomic mass is 10.3. The van der Waals surface area contributed by atoms with E-state index < -0.39 is 15.8 Å². The first kappa shape index (κ1) is 13.9. The highest BCUT2D eigenvalue weighted by molar-refractivity contribution is 7.90. The van der Waals surface area contributed by atoms with Crippen LogP contribution in [-0.2, 0) is 9.84 Å². The van der Waals surface area contributed by atoms with Crippen LogP contribution in [0.2, 0.25) is 0 Å². The summed E-state index contributed by atoms with van der Waals surface area (Å²) >= 11 is 0. The molecule has 1 aromatic heterocycles. The van der Waals surface area contributed by atoms with Crippen molar-refractivity contribution in [2.24, 2.45) is 0 Å². The Bertz CT molecular complexity index is 758. The van der Waals surface area contributed by atoms with Crippen molar-refractivity contribution in [3.8, 4) is 11.8 Å². The van der Waals surface area contributed by atoms with E-state index in [9.17, 15) is 13.2 Å². The van der Waals surface area contributed by atoms with Crippen molar-refractivity contribution >= 4 is 15.8 Å². The summed E-state index contributed by atoms with van der Waals surface area (Å²) in [5.41, 5.74) is -0.214. The van der Waals surface area contributed by atoms with Gasteiger partial charge in [0.2, 0.25) is 0 Å². The number of carboxylic acid groups (broad SMARTS) is 1. The van der Waals surface area contributed by atoms with Crippen LogP contribution in [0.25, 0.3) is 0 Å². The van der Waals surface area contributed by atoms with Gasteiger partial charge in [-0.05, 0) is 24.3 Å². The minimum Gasteiger partial charge on any atom is -0.477 e. The highest BCUT2D eigenvalue weighted by Crippen LogP contribution is 2.21. The second kappa shape index (κ2) is 5.25. The van der Waals surface area contributed by atoms with Crippen molar-refractivity contribution in [3.05, 3.63) is 42.2 Å². The van der Waals surface area contributed by atoms with Crippen LogP contribution < -0.4 is 4.74 Å². The van der Waals surface area contributed by atoms with E-state index in [1.807, 2.05) is 0 Å².